The summed E-state index contributed by atoms with van der Waals surface area (Å²) in [5.74, 6) is -17.6. The normalized spacial score (nSPS) is 24.7. The number of aliphatic hydroxyl groups excluding tert-OH is 5. The van der Waals surface area contributed by atoms with Gasteiger partial charge in [-0.15, -0.1) is 0 Å². The van der Waals surface area contributed by atoms with Gasteiger partial charge in [0.1, 0.15) is 93.8 Å². The summed E-state index contributed by atoms with van der Waals surface area (Å²) in [6.45, 7) is 0. The van der Waals surface area contributed by atoms with Crippen molar-refractivity contribution in [2.45, 2.75) is 91.1 Å². The van der Waals surface area contributed by atoms with Gasteiger partial charge in [0.25, 0.3) is 0 Å². The molecule has 101 heavy (non-hydrogen) atoms. The van der Waals surface area contributed by atoms with Gasteiger partial charge in [0.05, 0.1) is 12.0 Å². The molecule has 0 saturated carbocycles. The van der Waals surface area contributed by atoms with Gasteiger partial charge in [-0.2, -0.15) is 0 Å². The van der Waals surface area contributed by atoms with E-state index in [-0.39, 0.29) is 107 Å². The zero-order valence-electron chi connectivity index (χ0n) is 52.2. The van der Waals surface area contributed by atoms with Crippen molar-refractivity contribution in [2.24, 2.45) is 0 Å². The van der Waals surface area contributed by atoms with E-state index in [1.165, 1.54) is 84.9 Å². The minimum atomic E-state index is -1.98. The van der Waals surface area contributed by atoms with Crippen LogP contribution in [0.4, 0.5) is 0 Å². The molecule has 0 radical (unpaired) electrons. The molecule has 0 amide bonds. The van der Waals surface area contributed by atoms with E-state index in [9.17, 15) is 107 Å². The highest BCUT2D eigenvalue weighted by atomic mass is 16.5. The van der Waals surface area contributed by atoms with Gasteiger partial charge in [-0.25, -0.2) is 0 Å². The number of hydrogen-bond donors (Lipinski definition) is 21. The molecule has 5 aliphatic heterocycles. The van der Waals surface area contributed by atoms with E-state index in [0.29, 0.717) is 5.56 Å². The number of phenolic OH excluding ortho intramolecular Hbond substituents is 16. The lowest BCUT2D eigenvalue weighted by Crippen LogP contribution is -2.40. The number of ether oxygens (including phenoxy) is 5. The molecule has 0 spiro atoms. The maximum absolute atomic E-state index is 13.4. The Morgan fingerprint density at radius 1 is 0.238 bits per heavy atom. The second-order valence-corrected chi connectivity index (χ2v) is 25.7. The topological polar surface area (TPSA) is 471 Å². The van der Waals surface area contributed by atoms with E-state index >= 15 is 0 Å². The van der Waals surface area contributed by atoms with Gasteiger partial charge >= 0.3 is 0 Å². The van der Waals surface area contributed by atoms with Gasteiger partial charge in [0.15, 0.2) is 81.9 Å². The lowest BCUT2D eigenvalue weighted by molar-refractivity contribution is -0.00913. The minimum Gasteiger partial charge on any atom is -0.508 e. The van der Waals surface area contributed by atoms with Crippen LogP contribution in [0.1, 0.15) is 132 Å². The van der Waals surface area contributed by atoms with Crippen molar-refractivity contribution in [1.82, 2.24) is 0 Å². The number of aliphatic hydroxyl groups is 5. The Kier molecular flexibility index (Phi) is 15.4. The molecule has 0 bridgehead atoms. The zero-order valence-corrected chi connectivity index (χ0v) is 52.2. The zero-order chi connectivity index (χ0) is 71.2. The van der Waals surface area contributed by atoms with E-state index in [4.69, 9.17) is 23.7 Å². The fraction of sp³-hybridized carbons (Fsp3) is 0.200. The highest BCUT2D eigenvalue weighted by molar-refractivity contribution is 5.71. The van der Waals surface area contributed by atoms with Gasteiger partial charge in [0, 0.05) is 80.8 Å². The molecule has 21 N–H and O–H groups in total. The summed E-state index contributed by atoms with van der Waals surface area (Å²) < 4.78 is 33.5. The molecule has 0 unspecified atom stereocenters. The average molecular weight is 1380 g/mol. The van der Waals surface area contributed by atoms with Crippen molar-refractivity contribution in [3.8, 4) is 121 Å². The molecule has 0 fully saturated rings. The Balaban J connectivity index is 0.969. The van der Waals surface area contributed by atoms with Crippen molar-refractivity contribution in [3.63, 3.8) is 0 Å². The van der Waals surface area contributed by atoms with E-state index in [2.05, 4.69) is 0 Å². The summed E-state index contributed by atoms with van der Waals surface area (Å²) in [6.07, 6.45) is -17.1. The summed E-state index contributed by atoms with van der Waals surface area (Å²) in [4.78, 5) is 0. The Morgan fingerprint density at radius 3 is 0.881 bits per heavy atom. The molecule has 10 aromatic carbocycles. The maximum atomic E-state index is 13.4. The third-order valence-electron chi connectivity index (χ3n) is 19.8. The first-order chi connectivity index (χ1) is 48.3. The molecule has 0 aliphatic carbocycles. The fourth-order valence-electron chi connectivity index (χ4n) is 15.1. The molecule has 0 aromatic heterocycles. The standard InChI is InChI=1S/C75H62O26/c76-33-25-51(91)57-53(26-33)97-69(29-2-11-38(78)47(87)20-29)66(96)62(57)61-45(85)18-9-36-56(65(95)72(101-75(36)61)32-5-14-41(81)50(90)23-32)60-44(84)17-8-35-55(64(94)71(100-74(35)60)31-4-13-40(80)49(89)22-31)59-43(83)16-7-34-54(63(93)70(99-73(34)59)30-3-12-39(79)48(88)21-30)58-42(82)15-6-28-24-52(92)67(98-68(28)58)27-1-10-37(77)46(86)19-27/h1-23,25-26,52,54-56,62-67,69-72,76-96H,24H2/t52-,54+,55+,56+,62+,63+,64+,65+,66+,67+,69+,70+,71+,72+/m0/s1. The first-order valence-electron chi connectivity index (χ1n) is 31.6. The highest BCUT2D eigenvalue weighted by Gasteiger charge is 2.53. The summed E-state index contributed by atoms with van der Waals surface area (Å²) in [7, 11) is 0. The van der Waals surface area contributed by atoms with E-state index in [1.807, 2.05) is 0 Å². The third kappa shape index (κ3) is 10.4. The molecular formula is C75H62O26. The number of fused-ring (bicyclic) bond motifs is 5. The van der Waals surface area contributed by atoms with E-state index < -0.39 is 177 Å². The third-order valence-corrected chi connectivity index (χ3v) is 19.8. The van der Waals surface area contributed by atoms with Crippen LogP contribution in [0.2, 0.25) is 0 Å². The van der Waals surface area contributed by atoms with Gasteiger partial charge < -0.3 is 131 Å². The van der Waals surface area contributed by atoms with Crippen LogP contribution in [0.15, 0.2) is 152 Å². The number of rotatable bonds is 9. The van der Waals surface area contributed by atoms with Crippen LogP contribution >= 0.6 is 0 Å². The van der Waals surface area contributed by atoms with Crippen molar-refractivity contribution in [3.05, 3.63) is 230 Å². The van der Waals surface area contributed by atoms with Gasteiger partial charge in [-0.3, -0.25) is 0 Å². The summed E-state index contributed by atoms with van der Waals surface area (Å²) >= 11 is 0. The maximum Gasteiger partial charge on any atom is 0.157 e. The molecule has 518 valence electrons. The largest absolute Gasteiger partial charge is 0.508 e. The van der Waals surface area contributed by atoms with Crippen LogP contribution in [-0.2, 0) is 6.42 Å². The van der Waals surface area contributed by atoms with Crippen LogP contribution in [0.3, 0.4) is 0 Å². The predicted molar refractivity (Wildman–Crippen MR) is 349 cm³/mol. The summed E-state index contributed by atoms with van der Waals surface area (Å²) in [6, 6.07) is 30.0. The molecule has 10 aromatic rings. The van der Waals surface area contributed by atoms with Crippen LogP contribution in [0.5, 0.6) is 121 Å². The molecule has 14 atom stereocenters. The van der Waals surface area contributed by atoms with Gasteiger partial charge in [-0.1, -0.05) is 54.6 Å². The molecule has 5 aliphatic rings. The first kappa shape index (κ1) is 64.8. The number of aromatic hydroxyl groups is 16. The average Bonchev–Trinajstić information content (AvgIpc) is 0.712. The number of hydrogen-bond acceptors (Lipinski definition) is 26. The Labute approximate surface area is 570 Å². The highest BCUT2D eigenvalue weighted by Crippen LogP contribution is 2.64. The molecular weight excluding hydrogens is 1320 g/mol. The quantitative estimate of drug-likeness (QED) is 0.0602. The van der Waals surface area contributed by atoms with Crippen LogP contribution in [0.25, 0.3) is 0 Å². The minimum absolute atomic E-state index is 0.00256. The van der Waals surface area contributed by atoms with E-state index in [0.717, 1.165) is 66.7 Å². The predicted octanol–water partition coefficient (Wildman–Crippen LogP) is 8.52. The smallest absolute Gasteiger partial charge is 0.157 e. The van der Waals surface area contributed by atoms with Crippen molar-refractivity contribution in [1.29, 1.82) is 0 Å². The fourth-order valence-corrected chi connectivity index (χ4v) is 15.1. The Bertz CT molecular complexity index is 5040. The Morgan fingerprint density at radius 2 is 0.525 bits per heavy atom. The van der Waals surface area contributed by atoms with Gasteiger partial charge in [0.2, 0.25) is 0 Å². The molecule has 26 heteroatoms. The second kappa shape index (κ2) is 24.1. The summed E-state index contributed by atoms with van der Waals surface area (Å²) in [5, 5.41) is 244. The monoisotopic (exact) mass is 1380 g/mol. The molecule has 15 rings (SSSR count). The molecule has 26 nitrogen and oxygen atoms in total. The van der Waals surface area contributed by atoms with Crippen LogP contribution < -0.4 is 23.7 Å². The first-order valence-corrected chi connectivity index (χ1v) is 31.6. The van der Waals surface area contributed by atoms with Gasteiger partial charge in [-0.05, 0) is 118 Å². The summed E-state index contributed by atoms with van der Waals surface area (Å²) in [5.41, 5.74) is -1.08. The van der Waals surface area contributed by atoms with E-state index in [1.54, 1.807) is 0 Å². The Hall–Kier alpha value is -12.2. The van der Waals surface area contributed by atoms with Crippen molar-refractivity contribution >= 4 is 0 Å². The SMILES string of the molecule is Oc1cc(O)c2c(c1)O[C@H](c1ccc(O)c(O)c1)[C@H](O)[C@H]2c1c(O)ccc2c1O[C@H](c1ccc(O)c(O)c1)[C@H](O)[C@H]2c1c(O)ccc2c1O[C@H](c1ccc(O)c(O)c1)[C@H](O)[C@H]2c1c(O)ccc2c1O[C@H](c1ccc(O)c(O)c1)[C@H](O)[C@H]2c1c(O)ccc2c1O[C@H](c1ccc(O)c(O)c1)[C@@H](O)C2. The van der Waals surface area contributed by atoms with Crippen molar-refractivity contribution < 1.29 is 131 Å². The van der Waals surface area contributed by atoms with Crippen molar-refractivity contribution in [2.75, 3.05) is 0 Å². The number of benzene rings is 10. The van der Waals surface area contributed by atoms with Crippen LogP contribution in [0, 0.1) is 0 Å². The van der Waals surface area contributed by atoms with Crippen LogP contribution in [-0.4, -0.2) is 138 Å². The molecule has 5 heterocycles. The lowest BCUT2D eigenvalue weighted by Gasteiger charge is -2.44. The lowest BCUT2D eigenvalue weighted by atomic mass is 9.71. The second-order valence-electron chi connectivity index (χ2n) is 25.7. The molecule has 0 saturated heterocycles. The number of phenols is 16.